The zero-order chi connectivity index (χ0) is 24.2. The van der Waals surface area contributed by atoms with Gasteiger partial charge in [-0.25, -0.2) is 12.8 Å². The Kier molecular flexibility index (Phi) is 5.90. The van der Waals surface area contributed by atoms with Gasteiger partial charge in [0, 0.05) is 23.8 Å². The van der Waals surface area contributed by atoms with Gasteiger partial charge in [0.25, 0.3) is 5.91 Å². The fraction of sp³-hybridized carbons (Fsp3) is 0.417. The predicted molar refractivity (Wildman–Crippen MR) is 123 cm³/mol. The molecule has 2 amide bonds. The van der Waals surface area contributed by atoms with Gasteiger partial charge in [-0.05, 0) is 54.7 Å². The molecule has 3 aliphatic rings. The van der Waals surface area contributed by atoms with Gasteiger partial charge in [-0.3, -0.25) is 9.59 Å². The molecule has 4 atom stereocenters. The van der Waals surface area contributed by atoms with Gasteiger partial charge in [0.1, 0.15) is 11.9 Å². The maximum Gasteiger partial charge on any atom is 0.254 e. The molecule has 2 aliphatic heterocycles. The molecule has 1 N–H and O–H groups in total. The van der Waals surface area contributed by atoms with Crippen LogP contribution in [-0.4, -0.2) is 56.7 Å². The van der Waals surface area contributed by atoms with E-state index in [1.807, 2.05) is 0 Å². The van der Waals surface area contributed by atoms with Crippen molar-refractivity contribution >= 4 is 33.3 Å². The Labute approximate surface area is 202 Å². The lowest BCUT2D eigenvalue weighted by Crippen LogP contribution is -2.51. The summed E-state index contributed by atoms with van der Waals surface area (Å²) in [6.45, 7) is 0.873. The van der Waals surface area contributed by atoms with Gasteiger partial charge in [0.2, 0.25) is 5.91 Å². The van der Waals surface area contributed by atoms with Gasteiger partial charge < -0.3 is 15.0 Å². The van der Waals surface area contributed by atoms with E-state index in [0.29, 0.717) is 25.2 Å². The van der Waals surface area contributed by atoms with E-state index in [1.54, 1.807) is 17.0 Å². The molecule has 2 heterocycles. The highest BCUT2D eigenvalue weighted by atomic mass is 35.5. The maximum atomic E-state index is 14.1. The third kappa shape index (κ3) is 4.32. The summed E-state index contributed by atoms with van der Waals surface area (Å²) in [4.78, 5) is 28.4. The Balaban J connectivity index is 1.38. The van der Waals surface area contributed by atoms with Crippen LogP contribution in [0.25, 0.3) is 0 Å². The molecule has 1 saturated carbocycles. The lowest BCUT2D eigenvalue weighted by atomic mass is 9.91. The largest absolute Gasteiger partial charge is 0.381 e. The Morgan fingerprint density at radius 2 is 1.94 bits per heavy atom. The number of benzene rings is 2. The van der Waals surface area contributed by atoms with Crippen LogP contribution in [0.4, 0.5) is 4.39 Å². The summed E-state index contributed by atoms with van der Waals surface area (Å²) in [7, 11) is -3.48. The van der Waals surface area contributed by atoms with Gasteiger partial charge in [-0.1, -0.05) is 23.7 Å². The minimum absolute atomic E-state index is 0.00247. The molecular weight excluding hydrogens is 483 g/mol. The van der Waals surface area contributed by atoms with E-state index in [-0.39, 0.29) is 45.2 Å². The first-order chi connectivity index (χ1) is 16.1. The van der Waals surface area contributed by atoms with Crippen LogP contribution in [0.2, 0.25) is 5.02 Å². The molecule has 2 saturated heterocycles. The van der Waals surface area contributed by atoms with Crippen molar-refractivity contribution in [3.63, 3.8) is 0 Å². The number of halogens is 2. The third-order valence-corrected chi connectivity index (χ3v) is 8.30. The Morgan fingerprint density at radius 1 is 1.18 bits per heavy atom. The van der Waals surface area contributed by atoms with E-state index in [2.05, 4.69) is 5.32 Å². The number of carbonyl (C=O) groups is 2. The topological polar surface area (TPSA) is 92.8 Å². The summed E-state index contributed by atoms with van der Waals surface area (Å²) < 4.78 is 43.3. The average molecular weight is 507 g/mol. The van der Waals surface area contributed by atoms with Crippen molar-refractivity contribution in [1.29, 1.82) is 0 Å². The van der Waals surface area contributed by atoms with Crippen molar-refractivity contribution in [3.8, 4) is 0 Å². The fourth-order valence-electron chi connectivity index (χ4n) is 4.87. The normalized spacial score (nSPS) is 24.8. The van der Waals surface area contributed by atoms with Crippen LogP contribution in [0.15, 0.2) is 47.4 Å². The second kappa shape index (κ2) is 8.62. The van der Waals surface area contributed by atoms with E-state index in [9.17, 15) is 22.4 Å². The first kappa shape index (κ1) is 23.3. The fourth-order valence-corrected chi connectivity index (χ4v) is 5.65. The average Bonchev–Trinajstić information content (AvgIpc) is 3.42. The predicted octanol–water partition coefficient (Wildman–Crippen LogP) is 2.99. The Hall–Kier alpha value is -2.49. The van der Waals surface area contributed by atoms with Crippen molar-refractivity contribution < 1.29 is 27.1 Å². The molecule has 0 radical (unpaired) electrons. The molecule has 1 unspecified atom stereocenters. The highest BCUT2D eigenvalue weighted by Crippen LogP contribution is 2.48. The second-order valence-corrected chi connectivity index (χ2v) is 11.7. The van der Waals surface area contributed by atoms with Crippen molar-refractivity contribution in [2.24, 2.45) is 11.8 Å². The number of nitrogens with zero attached hydrogens (tertiary/aromatic N) is 1. The number of piperidine rings is 1. The molecule has 7 nitrogen and oxygen atoms in total. The van der Waals surface area contributed by atoms with Gasteiger partial charge >= 0.3 is 0 Å². The SMILES string of the molecule is CS(=O)(=O)c1cccc(C(=O)N2[C@@H](C(=O)NC(c3ccc(Cl)c(F)c3)C3COC3)C[C@H]3C[C@H]32)c1. The van der Waals surface area contributed by atoms with Crippen LogP contribution in [0.3, 0.4) is 0 Å². The molecular formula is C24H24ClFN2O5S. The van der Waals surface area contributed by atoms with Crippen molar-refractivity contribution in [3.05, 3.63) is 64.4 Å². The molecule has 34 heavy (non-hydrogen) atoms. The lowest BCUT2D eigenvalue weighted by Gasteiger charge is -2.36. The number of carbonyl (C=O) groups excluding carboxylic acids is 2. The van der Waals surface area contributed by atoms with Crippen LogP contribution >= 0.6 is 11.6 Å². The number of nitrogens with one attached hydrogen (secondary N) is 1. The molecule has 10 heteroatoms. The Bertz CT molecular complexity index is 1270. The third-order valence-electron chi connectivity index (χ3n) is 6.89. The van der Waals surface area contributed by atoms with Crippen LogP contribution in [0.1, 0.15) is 34.8 Å². The van der Waals surface area contributed by atoms with Crippen LogP contribution in [-0.2, 0) is 19.4 Å². The van der Waals surface area contributed by atoms with E-state index in [4.69, 9.17) is 16.3 Å². The lowest BCUT2D eigenvalue weighted by molar-refractivity contribution is -0.128. The highest BCUT2D eigenvalue weighted by molar-refractivity contribution is 7.90. The first-order valence-electron chi connectivity index (χ1n) is 11.1. The summed E-state index contributed by atoms with van der Waals surface area (Å²) in [5.74, 6) is -1.01. The number of sulfone groups is 1. The van der Waals surface area contributed by atoms with Gasteiger partial charge in [-0.15, -0.1) is 0 Å². The summed E-state index contributed by atoms with van der Waals surface area (Å²) in [6, 6.07) is 9.15. The minimum atomic E-state index is -3.48. The smallest absolute Gasteiger partial charge is 0.254 e. The molecule has 180 valence electrons. The molecule has 2 aromatic rings. The maximum absolute atomic E-state index is 14.1. The quantitative estimate of drug-likeness (QED) is 0.650. The number of likely N-dealkylation sites (tertiary alicyclic amines) is 1. The molecule has 0 aromatic heterocycles. The number of ether oxygens (including phenoxy) is 1. The molecule has 3 fully saturated rings. The number of fused-ring (bicyclic) bond motifs is 1. The Morgan fingerprint density at radius 3 is 2.59 bits per heavy atom. The summed E-state index contributed by atoms with van der Waals surface area (Å²) >= 11 is 5.83. The highest BCUT2D eigenvalue weighted by Gasteiger charge is 2.56. The van der Waals surface area contributed by atoms with Crippen LogP contribution in [0, 0.1) is 17.7 Å². The second-order valence-electron chi connectivity index (χ2n) is 9.28. The molecule has 0 bridgehead atoms. The number of hydrogen-bond donors (Lipinski definition) is 1. The van der Waals surface area contributed by atoms with E-state index in [1.165, 1.54) is 30.3 Å². The number of amides is 2. The van der Waals surface area contributed by atoms with E-state index < -0.39 is 27.7 Å². The van der Waals surface area contributed by atoms with Crippen molar-refractivity contribution in [1.82, 2.24) is 10.2 Å². The van der Waals surface area contributed by atoms with E-state index in [0.717, 1.165) is 12.7 Å². The molecule has 2 aromatic carbocycles. The number of hydrogen-bond acceptors (Lipinski definition) is 5. The van der Waals surface area contributed by atoms with Crippen LogP contribution in [0.5, 0.6) is 0 Å². The summed E-state index contributed by atoms with van der Waals surface area (Å²) in [5.41, 5.74) is 0.822. The molecule has 1 aliphatic carbocycles. The van der Waals surface area contributed by atoms with Gasteiger partial charge in [0.15, 0.2) is 9.84 Å². The van der Waals surface area contributed by atoms with Gasteiger partial charge in [0.05, 0.1) is 29.2 Å². The minimum Gasteiger partial charge on any atom is -0.381 e. The monoisotopic (exact) mass is 506 g/mol. The van der Waals surface area contributed by atoms with Crippen LogP contribution < -0.4 is 5.32 Å². The molecule has 0 spiro atoms. The zero-order valence-electron chi connectivity index (χ0n) is 18.4. The standard InChI is InChI=1S/C24H24ClFN2O5S/c1-34(31,32)17-4-2-3-14(7-17)24(30)28-20-9-15(20)10-21(28)23(29)27-22(16-11-33-12-16)13-5-6-18(25)19(26)8-13/h2-8,15-16,20-22H,9-12H2,1H3,(H,27,29)/t15-,20-,21-,22?/m1/s1. The first-order valence-corrected chi connectivity index (χ1v) is 13.4. The van der Waals surface area contributed by atoms with E-state index >= 15 is 0 Å². The summed E-state index contributed by atoms with van der Waals surface area (Å²) in [5, 5.41) is 3.02. The van der Waals surface area contributed by atoms with Crippen molar-refractivity contribution in [2.75, 3.05) is 19.5 Å². The molecule has 5 rings (SSSR count). The van der Waals surface area contributed by atoms with Crippen molar-refractivity contribution in [2.45, 2.75) is 35.9 Å². The van der Waals surface area contributed by atoms with Gasteiger partial charge in [-0.2, -0.15) is 0 Å². The zero-order valence-corrected chi connectivity index (χ0v) is 20.0. The number of rotatable bonds is 6. The summed E-state index contributed by atoms with van der Waals surface area (Å²) in [6.07, 6.45) is 2.45.